The number of nitrogens with two attached hydrogens (primary N) is 1. The molecular weight excluding hydrogens is 278 g/mol. The average molecular weight is 294 g/mol. The molecule has 4 heteroatoms. The van der Waals surface area contributed by atoms with Crippen LogP contribution >= 0.6 is 15.9 Å². The van der Waals surface area contributed by atoms with Crippen molar-refractivity contribution in [3.63, 3.8) is 0 Å². The lowest BCUT2D eigenvalue weighted by atomic mass is 10.1. The van der Waals surface area contributed by atoms with Gasteiger partial charge in [-0.25, -0.2) is 4.98 Å². The highest BCUT2D eigenvalue weighted by Gasteiger charge is 2.12. The molecule has 0 saturated heterocycles. The van der Waals surface area contributed by atoms with E-state index in [0.29, 0.717) is 6.54 Å². The third-order valence-electron chi connectivity index (χ3n) is 2.90. The third-order valence-corrected chi connectivity index (χ3v) is 3.89. The predicted octanol–water partition coefficient (Wildman–Crippen LogP) is 2.87. The molecule has 0 saturated carbocycles. The summed E-state index contributed by atoms with van der Waals surface area (Å²) in [5.74, 6) is 0.944. The molecule has 1 aromatic carbocycles. The first-order valence-electron chi connectivity index (χ1n) is 5.67. The first-order chi connectivity index (χ1) is 8.17. The van der Waals surface area contributed by atoms with Crippen molar-refractivity contribution in [1.29, 1.82) is 0 Å². The molecule has 0 fully saturated rings. The van der Waals surface area contributed by atoms with E-state index in [0.717, 1.165) is 28.1 Å². The van der Waals surface area contributed by atoms with Crippen molar-refractivity contribution in [3.8, 4) is 11.4 Å². The monoisotopic (exact) mass is 293 g/mol. The summed E-state index contributed by atoms with van der Waals surface area (Å²) >= 11 is 3.51. The minimum Gasteiger partial charge on any atom is -0.325 e. The van der Waals surface area contributed by atoms with Crippen LogP contribution in [0.5, 0.6) is 0 Å². The van der Waals surface area contributed by atoms with Gasteiger partial charge in [-0.3, -0.25) is 0 Å². The summed E-state index contributed by atoms with van der Waals surface area (Å²) in [6.45, 7) is 2.60. The summed E-state index contributed by atoms with van der Waals surface area (Å²) in [5, 5.41) is 0. The Labute approximate surface area is 110 Å². The second-order valence-corrected chi connectivity index (χ2v) is 4.74. The number of nitrogens with zero attached hydrogens (tertiary/aromatic N) is 2. The molecule has 17 heavy (non-hydrogen) atoms. The highest BCUT2D eigenvalue weighted by Crippen LogP contribution is 2.25. The van der Waals surface area contributed by atoms with Crippen molar-refractivity contribution in [3.05, 3.63) is 40.1 Å². The van der Waals surface area contributed by atoms with Gasteiger partial charge < -0.3 is 10.3 Å². The largest absolute Gasteiger partial charge is 0.325 e. The Bertz CT molecular complexity index is 514. The van der Waals surface area contributed by atoms with Crippen molar-refractivity contribution >= 4 is 15.9 Å². The van der Waals surface area contributed by atoms with Gasteiger partial charge in [-0.15, -0.1) is 0 Å². The first kappa shape index (κ1) is 12.3. The Kier molecular flexibility index (Phi) is 3.64. The molecule has 0 atom stereocenters. The van der Waals surface area contributed by atoms with Crippen LogP contribution in [0.25, 0.3) is 11.4 Å². The lowest BCUT2D eigenvalue weighted by Gasteiger charge is -2.03. The van der Waals surface area contributed by atoms with Gasteiger partial charge >= 0.3 is 0 Å². The molecule has 0 unspecified atom stereocenters. The lowest BCUT2D eigenvalue weighted by molar-refractivity contribution is 0.893. The van der Waals surface area contributed by atoms with Crippen LogP contribution in [-0.2, 0) is 20.0 Å². The molecule has 2 aromatic rings. The summed E-state index contributed by atoms with van der Waals surface area (Å²) < 4.78 is 2.97. The average Bonchev–Trinajstić information content (AvgIpc) is 2.66. The molecular formula is C13H16BrN3. The number of rotatable bonds is 3. The van der Waals surface area contributed by atoms with E-state index in [1.54, 1.807) is 0 Å². The van der Waals surface area contributed by atoms with Crippen molar-refractivity contribution in [2.45, 2.75) is 19.9 Å². The van der Waals surface area contributed by atoms with Gasteiger partial charge in [-0.05, 0) is 27.9 Å². The summed E-state index contributed by atoms with van der Waals surface area (Å²) in [6.07, 6.45) is 1.05. The molecule has 0 aliphatic carbocycles. The van der Waals surface area contributed by atoms with E-state index in [9.17, 15) is 0 Å². The predicted molar refractivity (Wildman–Crippen MR) is 73.6 cm³/mol. The second-order valence-electron chi connectivity index (χ2n) is 3.99. The minimum absolute atomic E-state index is 0.446. The normalized spacial score (nSPS) is 10.8. The maximum atomic E-state index is 5.65. The van der Waals surface area contributed by atoms with Gasteiger partial charge in [0.25, 0.3) is 0 Å². The highest BCUT2D eigenvalue weighted by molar-refractivity contribution is 9.10. The van der Waals surface area contributed by atoms with Crippen molar-refractivity contribution in [2.24, 2.45) is 12.8 Å². The van der Waals surface area contributed by atoms with E-state index in [-0.39, 0.29) is 0 Å². The van der Waals surface area contributed by atoms with Crippen molar-refractivity contribution in [2.75, 3.05) is 0 Å². The fourth-order valence-electron chi connectivity index (χ4n) is 1.81. The topological polar surface area (TPSA) is 43.8 Å². The molecule has 0 bridgehead atoms. The van der Waals surface area contributed by atoms with Crippen LogP contribution in [0.2, 0.25) is 0 Å². The van der Waals surface area contributed by atoms with E-state index in [1.165, 1.54) is 5.56 Å². The zero-order valence-electron chi connectivity index (χ0n) is 10.1. The molecule has 3 nitrogen and oxygen atoms in total. The molecule has 0 amide bonds. The molecule has 0 spiro atoms. The Morgan fingerprint density at radius 1 is 1.29 bits per heavy atom. The second kappa shape index (κ2) is 5.02. The Morgan fingerprint density at radius 2 is 1.94 bits per heavy atom. The van der Waals surface area contributed by atoms with Gasteiger partial charge in [0.15, 0.2) is 0 Å². The summed E-state index contributed by atoms with van der Waals surface area (Å²) in [4.78, 5) is 4.54. The summed E-state index contributed by atoms with van der Waals surface area (Å²) in [5.41, 5.74) is 8.99. The first-order valence-corrected chi connectivity index (χ1v) is 6.47. The number of aromatic nitrogens is 2. The standard InChI is InChI=1S/C13H16BrN3/c1-3-9-4-6-10(7-5-9)13-16-11(8-15)12(14)17(13)2/h4-7H,3,8,15H2,1-2H3. The molecule has 2 N–H and O–H groups in total. The van der Waals surface area contributed by atoms with Gasteiger partial charge in [-0.2, -0.15) is 0 Å². The summed E-state index contributed by atoms with van der Waals surface area (Å²) in [7, 11) is 1.99. The van der Waals surface area contributed by atoms with Gasteiger partial charge in [-0.1, -0.05) is 31.2 Å². The van der Waals surface area contributed by atoms with E-state index in [2.05, 4.69) is 52.1 Å². The van der Waals surface area contributed by atoms with Crippen LogP contribution in [0.15, 0.2) is 28.9 Å². The van der Waals surface area contributed by atoms with Crippen LogP contribution in [-0.4, -0.2) is 9.55 Å². The van der Waals surface area contributed by atoms with Gasteiger partial charge in [0, 0.05) is 19.2 Å². The zero-order chi connectivity index (χ0) is 12.4. The molecule has 1 aromatic heterocycles. The summed E-state index contributed by atoms with van der Waals surface area (Å²) in [6, 6.07) is 8.49. The van der Waals surface area contributed by atoms with E-state index < -0.39 is 0 Å². The molecule has 90 valence electrons. The number of aryl methyl sites for hydroxylation is 1. The Balaban J connectivity index is 2.45. The fraction of sp³-hybridized carbons (Fsp3) is 0.308. The number of imidazole rings is 1. The van der Waals surface area contributed by atoms with E-state index >= 15 is 0 Å². The fourth-order valence-corrected chi connectivity index (χ4v) is 2.23. The number of hydrogen-bond donors (Lipinski definition) is 1. The number of hydrogen-bond acceptors (Lipinski definition) is 2. The van der Waals surface area contributed by atoms with Crippen LogP contribution in [0.3, 0.4) is 0 Å². The van der Waals surface area contributed by atoms with E-state index in [4.69, 9.17) is 5.73 Å². The SMILES string of the molecule is CCc1ccc(-c2nc(CN)c(Br)n2C)cc1. The maximum Gasteiger partial charge on any atom is 0.140 e. The number of halogens is 1. The van der Waals surface area contributed by atoms with Crippen molar-refractivity contribution in [1.82, 2.24) is 9.55 Å². The Morgan fingerprint density at radius 3 is 2.41 bits per heavy atom. The minimum atomic E-state index is 0.446. The van der Waals surface area contributed by atoms with Gasteiger partial charge in [0.05, 0.1) is 5.69 Å². The highest BCUT2D eigenvalue weighted by atomic mass is 79.9. The zero-order valence-corrected chi connectivity index (χ0v) is 11.7. The van der Waals surface area contributed by atoms with Crippen molar-refractivity contribution < 1.29 is 0 Å². The van der Waals surface area contributed by atoms with E-state index in [1.807, 2.05) is 11.6 Å². The van der Waals surface area contributed by atoms with Crippen LogP contribution in [0, 0.1) is 0 Å². The molecule has 0 aliphatic heterocycles. The smallest absolute Gasteiger partial charge is 0.140 e. The van der Waals surface area contributed by atoms with Gasteiger partial charge in [0.2, 0.25) is 0 Å². The molecule has 0 radical (unpaired) electrons. The maximum absolute atomic E-state index is 5.65. The lowest BCUT2D eigenvalue weighted by Crippen LogP contribution is -1.97. The quantitative estimate of drug-likeness (QED) is 0.946. The third kappa shape index (κ3) is 2.28. The number of benzene rings is 1. The van der Waals surface area contributed by atoms with Gasteiger partial charge in [0.1, 0.15) is 10.4 Å². The van der Waals surface area contributed by atoms with Crippen LogP contribution < -0.4 is 5.73 Å². The molecule has 2 rings (SSSR count). The van der Waals surface area contributed by atoms with Crippen LogP contribution in [0.1, 0.15) is 18.2 Å². The molecule has 0 aliphatic rings. The Hall–Kier alpha value is -1.13. The molecule has 1 heterocycles. The van der Waals surface area contributed by atoms with Crippen LogP contribution in [0.4, 0.5) is 0 Å².